The maximum absolute atomic E-state index is 11.8. The normalized spacial score (nSPS) is 10.6. The molecule has 0 radical (unpaired) electrons. The van der Waals surface area contributed by atoms with E-state index in [9.17, 15) is 4.79 Å². The Morgan fingerprint density at radius 3 is 2.68 bits per heavy atom. The zero-order chi connectivity index (χ0) is 15.4. The van der Waals surface area contributed by atoms with E-state index >= 15 is 0 Å². The van der Waals surface area contributed by atoms with E-state index in [0.717, 1.165) is 22.0 Å². The second kappa shape index (κ2) is 6.81. The molecule has 0 saturated carbocycles. The van der Waals surface area contributed by atoms with E-state index in [-0.39, 0.29) is 5.91 Å². The molecular weight excluding hydrogens is 318 g/mol. The number of thiophene rings is 1. The summed E-state index contributed by atoms with van der Waals surface area (Å²) in [6.07, 6.45) is 0.405. The summed E-state index contributed by atoms with van der Waals surface area (Å²) in [6, 6.07) is 15.1. The van der Waals surface area contributed by atoms with Gasteiger partial charge in [-0.2, -0.15) is 0 Å². The van der Waals surface area contributed by atoms with Crippen LogP contribution in [0, 0.1) is 0 Å². The molecule has 3 rings (SSSR count). The molecule has 112 valence electrons. The van der Waals surface area contributed by atoms with Gasteiger partial charge in [-0.25, -0.2) is 0 Å². The first-order chi connectivity index (χ1) is 10.7. The maximum Gasteiger partial charge on any atom is 0.225 e. The number of furan rings is 1. The predicted octanol–water partition coefficient (Wildman–Crippen LogP) is 4.52. The second-order valence-electron chi connectivity index (χ2n) is 4.81. The lowest BCUT2D eigenvalue weighted by Gasteiger charge is -2.02. The van der Waals surface area contributed by atoms with Crippen molar-refractivity contribution in [3.05, 3.63) is 69.6 Å². The fraction of sp³-hybridized carbons (Fsp3) is 0.118. The summed E-state index contributed by atoms with van der Waals surface area (Å²) in [6.45, 7) is 0.387. The molecule has 3 aromatic rings. The molecule has 2 heterocycles. The summed E-state index contributed by atoms with van der Waals surface area (Å²) < 4.78 is 5.74. The smallest absolute Gasteiger partial charge is 0.225 e. The van der Waals surface area contributed by atoms with Gasteiger partial charge in [0.15, 0.2) is 0 Å². The Labute approximate surface area is 137 Å². The minimum atomic E-state index is -0.00751. The number of hydrogen-bond acceptors (Lipinski definition) is 3. The molecule has 0 aliphatic carbocycles. The highest BCUT2D eigenvalue weighted by Gasteiger charge is 2.08. The lowest BCUT2D eigenvalue weighted by atomic mass is 10.2. The van der Waals surface area contributed by atoms with Gasteiger partial charge in [0.25, 0.3) is 0 Å². The molecule has 22 heavy (non-hydrogen) atoms. The molecule has 0 aliphatic rings. The van der Waals surface area contributed by atoms with Crippen molar-refractivity contribution in [2.75, 3.05) is 0 Å². The van der Waals surface area contributed by atoms with Gasteiger partial charge in [0.05, 0.1) is 13.0 Å². The molecule has 0 bridgehead atoms. The van der Waals surface area contributed by atoms with Gasteiger partial charge in [-0.1, -0.05) is 17.7 Å². The number of halogens is 1. The molecule has 0 atom stereocenters. The summed E-state index contributed by atoms with van der Waals surface area (Å²) >= 11 is 7.45. The highest BCUT2D eigenvalue weighted by Crippen LogP contribution is 2.23. The van der Waals surface area contributed by atoms with Gasteiger partial charge in [-0.05, 0) is 47.8 Å². The van der Waals surface area contributed by atoms with E-state index in [2.05, 4.69) is 5.32 Å². The summed E-state index contributed by atoms with van der Waals surface area (Å²) in [5, 5.41) is 5.52. The van der Waals surface area contributed by atoms with Gasteiger partial charge in [0.1, 0.15) is 11.5 Å². The zero-order valence-corrected chi connectivity index (χ0v) is 13.3. The van der Waals surface area contributed by atoms with Crippen molar-refractivity contribution in [3.63, 3.8) is 0 Å². The van der Waals surface area contributed by atoms with Crippen LogP contribution >= 0.6 is 22.9 Å². The van der Waals surface area contributed by atoms with E-state index in [0.29, 0.717) is 18.0 Å². The SMILES string of the molecule is O=C(Cc1cccs1)NCc1ccc(-c2ccc(Cl)cc2)o1. The Hall–Kier alpha value is -2.04. The standard InChI is InChI=1S/C17H14ClNO2S/c18-13-5-3-12(4-6-13)16-8-7-14(21-16)11-19-17(20)10-15-2-1-9-22-15/h1-9H,10-11H2,(H,19,20). The van der Waals surface area contributed by atoms with Crippen molar-refractivity contribution in [2.24, 2.45) is 0 Å². The van der Waals surface area contributed by atoms with Gasteiger partial charge >= 0.3 is 0 Å². The van der Waals surface area contributed by atoms with Crippen LogP contribution in [-0.2, 0) is 17.8 Å². The van der Waals surface area contributed by atoms with E-state index in [1.54, 1.807) is 11.3 Å². The monoisotopic (exact) mass is 331 g/mol. The Morgan fingerprint density at radius 1 is 1.14 bits per heavy atom. The second-order valence-corrected chi connectivity index (χ2v) is 6.27. The van der Waals surface area contributed by atoms with Crippen molar-refractivity contribution in [1.29, 1.82) is 0 Å². The zero-order valence-electron chi connectivity index (χ0n) is 11.7. The number of carbonyl (C=O) groups excluding carboxylic acids is 1. The average molecular weight is 332 g/mol. The molecule has 5 heteroatoms. The van der Waals surface area contributed by atoms with Crippen molar-refractivity contribution < 1.29 is 9.21 Å². The van der Waals surface area contributed by atoms with Crippen LogP contribution in [0.4, 0.5) is 0 Å². The van der Waals surface area contributed by atoms with Crippen LogP contribution in [0.15, 0.2) is 58.3 Å². The molecule has 3 nitrogen and oxygen atoms in total. The van der Waals surface area contributed by atoms with E-state index in [1.807, 2.05) is 53.9 Å². The third kappa shape index (κ3) is 3.78. The van der Waals surface area contributed by atoms with Crippen LogP contribution in [0.5, 0.6) is 0 Å². The number of rotatable bonds is 5. The summed E-state index contributed by atoms with van der Waals surface area (Å²) in [5.74, 6) is 1.48. The number of nitrogens with one attached hydrogen (secondary N) is 1. The van der Waals surface area contributed by atoms with E-state index < -0.39 is 0 Å². The topological polar surface area (TPSA) is 42.2 Å². The lowest BCUT2D eigenvalue weighted by molar-refractivity contribution is -0.120. The maximum atomic E-state index is 11.8. The minimum absolute atomic E-state index is 0.00751. The van der Waals surface area contributed by atoms with E-state index in [1.165, 1.54) is 0 Å². The largest absolute Gasteiger partial charge is 0.459 e. The van der Waals surface area contributed by atoms with Crippen LogP contribution in [0.25, 0.3) is 11.3 Å². The Balaban J connectivity index is 1.57. The van der Waals surface area contributed by atoms with Crippen molar-refractivity contribution in [1.82, 2.24) is 5.32 Å². The Kier molecular flexibility index (Phi) is 4.61. The summed E-state index contributed by atoms with van der Waals surface area (Å²) in [7, 11) is 0. The van der Waals surface area contributed by atoms with Gasteiger partial charge in [0, 0.05) is 15.5 Å². The molecule has 0 aliphatic heterocycles. The number of amides is 1. The molecular formula is C17H14ClNO2S. The fourth-order valence-corrected chi connectivity index (χ4v) is 2.89. The molecule has 1 amide bonds. The van der Waals surface area contributed by atoms with E-state index in [4.69, 9.17) is 16.0 Å². The number of benzene rings is 1. The molecule has 0 fully saturated rings. The highest BCUT2D eigenvalue weighted by molar-refractivity contribution is 7.10. The van der Waals surface area contributed by atoms with Crippen LogP contribution < -0.4 is 5.32 Å². The Bertz CT molecular complexity index is 747. The van der Waals surface area contributed by atoms with Gasteiger partial charge in [-0.15, -0.1) is 11.3 Å². The third-order valence-electron chi connectivity index (χ3n) is 3.17. The summed E-state index contributed by atoms with van der Waals surface area (Å²) in [4.78, 5) is 12.9. The number of hydrogen-bond donors (Lipinski definition) is 1. The molecule has 1 N–H and O–H groups in total. The highest BCUT2D eigenvalue weighted by atomic mass is 35.5. The number of carbonyl (C=O) groups is 1. The minimum Gasteiger partial charge on any atom is -0.459 e. The molecule has 0 spiro atoms. The van der Waals surface area contributed by atoms with Gasteiger partial charge in [-0.3, -0.25) is 4.79 Å². The van der Waals surface area contributed by atoms with Crippen molar-refractivity contribution in [2.45, 2.75) is 13.0 Å². The lowest BCUT2D eigenvalue weighted by Crippen LogP contribution is -2.23. The molecule has 1 aromatic carbocycles. The van der Waals surface area contributed by atoms with Crippen LogP contribution in [0.2, 0.25) is 5.02 Å². The van der Waals surface area contributed by atoms with Gasteiger partial charge < -0.3 is 9.73 Å². The van der Waals surface area contributed by atoms with Crippen LogP contribution in [-0.4, -0.2) is 5.91 Å². The van der Waals surface area contributed by atoms with Crippen LogP contribution in [0.3, 0.4) is 0 Å². The first-order valence-electron chi connectivity index (χ1n) is 6.84. The predicted molar refractivity (Wildman–Crippen MR) is 89.0 cm³/mol. The quantitative estimate of drug-likeness (QED) is 0.746. The van der Waals surface area contributed by atoms with Crippen LogP contribution in [0.1, 0.15) is 10.6 Å². The Morgan fingerprint density at radius 2 is 1.95 bits per heavy atom. The first-order valence-corrected chi connectivity index (χ1v) is 8.10. The van der Waals surface area contributed by atoms with Crippen molar-refractivity contribution in [3.8, 4) is 11.3 Å². The third-order valence-corrected chi connectivity index (χ3v) is 4.29. The van der Waals surface area contributed by atoms with Gasteiger partial charge in [0.2, 0.25) is 5.91 Å². The first kappa shape index (κ1) is 14.9. The summed E-state index contributed by atoms with van der Waals surface area (Å²) in [5.41, 5.74) is 0.959. The fourth-order valence-electron chi connectivity index (χ4n) is 2.06. The van der Waals surface area contributed by atoms with Crippen molar-refractivity contribution >= 4 is 28.8 Å². The molecule has 2 aromatic heterocycles. The average Bonchev–Trinajstić information content (AvgIpc) is 3.17. The molecule has 0 unspecified atom stereocenters. The molecule has 0 saturated heterocycles.